The fourth-order valence-electron chi connectivity index (χ4n) is 1.29. The van der Waals surface area contributed by atoms with Crippen LogP contribution in [0.1, 0.15) is 16.3 Å². The second-order valence-corrected chi connectivity index (χ2v) is 4.24. The topological polar surface area (TPSA) is 45.9 Å². The summed E-state index contributed by atoms with van der Waals surface area (Å²) in [5.41, 5.74) is 1.55. The smallest absolute Gasteiger partial charge is 0.151 e. The number of benzene rings is 1. The molecular weight excluding hydrogens is 220 g/mol. The maximum absolute atomic E-state index is 8.63. The Balaban J connectivity index is 2.03. The zero-order valence-electron chi connectivity index (χ0n) is 8.80. The highest BCUT2D eigenvalue weighted by Crippen LogP contribution is 2.18. The van der Waals surface area contributed by atoms with Crippen LogP contribution in [0.3, 0.4) is 0 Å². The van der Waals surface area contributed by atoms with Gasteiger partial charge in [-0.1, -0.05) is 18.2 Å². The van der Waals surface area contributed by atoms with Crippen molar-refractivity contribution in [3.63, 3.8) is 0 Å². The first-order valence-corrected chi connectivity index (χ1v) is 5.70. The molecule has 1 aromatic heterocycles. The molecule has 0 aliphatic carbocycles. The first-order valence-electron chi connectivity index (χ1n) is 4.82. The van der Waals surface area contributed by atoms with E-state index in [2.05, 4.69) is 4.98 Å². The van der Waals surface area contributed by atoms with Crippen LogP contribution in [0.25, 0.3) is 0 Å². The first kappa shape index (κ1) is 10.7. The van der Waals surface area contributed by atoms with Gasteiger partial charge in [-0.3, -0.25) is 0 Å². The number of ether oxygens (including phenoxy) is 1. The number of rotatable bonds is 3. The van der Waals surface area contributed by atoms with Crippen LogP contribution in [0.15, 0.2) is 29.6 Å². The number of aromatic nitrogens is 1. The molecular formula is C12H10N2OS. The Morgan fingerprint density at radius 2 is 2.25 bits per heavy atom. The van der Waals surface area contributed by atoms with Gasteiger partial charge in [-0.2, -0.15) is 5.26 Å². The average Bonchev–Trinajstić information content (AvgIpc) is 2.76. The minimum atomic E-state index is 0.414. The number of hydrogen-bond acceptors (Lipinski definition) is 4. The van der Waals surface area contributed by atoms with E-state index in [4.69, 9.17) is 10.00 Å². The molecule has 0 aliphatic rings. The highest BCUT2D eigenvalue weighted by Gasteiger charge is 2.03. The molecule has 2 aromatic rings. The van der Waals surface area contributed by atoms with Gasteiger partial charge < -0.3 is 4.74 Å². The van der Waals surface area contributed by atoms with Gasteiger partial charge in [0.25, 0.3) is 0 Å². The van der Waals surface area contributed by atoms with Crippen molar-refractivity contribution in [1.29, 1.82) is 5.26 Å². The Morgan fingerprint density at radius 1 is 1.44 bits per heavy atom. The normalized spacial score (nSPS) is 9.75. The summed E-state index contributed by atoms with van der Waals surface area (Å²) in [7, 11) is 0. The summed E-state index contributed by atoms with van der Waals surface area (Å²) in [6.07, 6.45) is 0. The predicted octanol–water partition coefficient (Wildman–Crippen LogP) is 2.90. The number of nitrogens with zero attached hydrogens (tertiary/aromatic N) is 2. The van der Waals surface area contributed by atoms with Gasteiger partial charge in [-0.25, -0.2) is 4.98 Å². The molecule has 0 N–H and O–H groups in total. The average molecular weight is 230 g/mol. The summed E-state index contributed by atoms with van der Waals surface area (Å²) in [4.78, 5) is 4.11. The van der Waals surface area contributed by atoms with E-state index in [9.17, 15) is 0 Å². The van der Waals surface area contributed by atoms with Crippen molar-refractivity contribution >= 4 is 11.3 Å². The largest absolute Gasteiger partial charge is 0.486 e. The minimum Gasteiger partial charge on any atom is -0.486 e. The van der Waals surface area contributed by atoms with Crippen molar-refractivity contribution in [3.8, 4) is 11.8 Å². The van der Waals surface area contributed by atoms with Crippen LogP contribution in [0, 0.1) is 18.3 Å². The summed E-state index contributed by atoms with van der Waals surface area (Å²) in [5, 5.41) is 11.2. The first-order chi connectivity index (χ1) is 7.79. The van der Waals surface area contributed by atoms with Crippen LogP contribution in [0.4, 0.5) is 0 Å². The van der Waals surface area contributed by atoms with Crippen molar-refractivity contribution in [3.05, 3.63) is 45.9 Å². The molecule has 0 saturated heterocycles. The zero-order valence-corrected chi connectivity index (χ0v) is 9.62. The number of para-hydroxylation sites is 1. The van der Waals surface area contributed by atoms with Crippen molar-refractivity contribution in [2.75, 3.05) is 0 Å². The summed E-state index contributed by atoms with van der Waals surface area (Å²) in [6, 6.07) is 9.83. The van der Waals surface area contributed by atoms with Gasteiger partial charge in [0.1, 0.15) is 23.4 Å². The van der Waals surface area contributed by atoms with E-state index in [1.165, 1.54) is 11.3 Å². The molecule has 1 heterocycles. The van der Waals surface area contributed by atoms with Crippen LogP contribution in [-0.2, 0) is 6.61 Å². The second kappa shape index (κ2) is 4.77. The SMILES string of the molecule is Cc1ccccc1OCc1nc(C#N)cs1. The number of aryl methyl sites for hydroxylation is 1. The maximum atomic E-state index is 8.63. The van der Waals surface area contributed by atoms with Crippen LogP contribution in [0.2, 0.25) is 0 Å². The number of hydrogen-bond donors (Lipinski definition) is 0. The summed E-state index contributed by atoms with van der Waals surface area (Å²) in [6.45, 7) is 2.41. The third-order valence-corrected chi connectivity index (χ3v) is 2.93. The van der Waals surface area contributed by atoms with E-state index in [1.807, 2.05) is 37.3 Å². The number of nitriles is 1. The molecule has 0 unspecified atom stereocenters. The van der Waals surface area contributed by atoms with Gasteiger partial charge in [-0.15, -0.1) is 11.3 Å². The molecule has 4 heteroatoms. The fourth-order valence-corrected chi connectivity index (χ4v) is 1.92. The molecule has 0 aliphatic heterocycles. The summed E-state index contributed by atoms with van der Waals surface area (Å²) >= 11 is 1.44. The highest BCUT2D eigenvalue weighted by atomic mass is 32.1. The summed E-state index contributed by atoms with van der Waals surface area (Å²) in [5.74, 6) is 0.858. The van der Waals surface area contributed by atoms with Crippen LogP contribution >= 0.6 is 11.3 Å². The van der Waals surface area contributed by atoms with E-state index < -0.39 is 0 Å². The van der Waals surface area contributed by atoms with E-state index in [0.717, 1.165) is 16.3 Å². The quantitative estimate of drug-likeness (QED) is 0.814. The molecule has 0 fully saturated rings. The van der Waals surface area contributed by atoms with Crippen molar-refractivity contribution in [1.82, 2.24) is 4.98 Å². The van der Waals surface area contributed by atoms with Crippen LogP contribution < -0.4 is 4.74 Å². The lowest BCUT2D eigenvalue weighted by atomic mass is 10.2. The Morgan fingerprint density at radius 3 is 2.94 bits per heavy atom. The van der Waals surface area contributed by atoms with Crippen molar-refractivity contribution < 1.29 is 4.74 Å². The molecule has 1 aromatic carbocycles. The fraction of sp³-hybridized carbons (Fsp3) is 0.167. The van der Waals surface area contributed by atoms with Crippen molar-refractivity contribution in [2.24, 2.45) is 0 Å². The van der Waals surface area contributed by atoms with E-state index in [1.54, 1.807) is 5.38 Å². The lowest BCUT2D eigenvalue weighted by Gasteiger charge is -2.06. The van der Waals surface area contributed by atoms with Gasteiger partial charge in [0.2, 0.25) is 0 Å². The molecule has 0 bridgehead atoms. The molecule has 0 radical (unpaired) electrons. The minimum absolute atomic E-state index is 0.414. The lowest BCUT2D eigenvalue weighted by Crippen LogP contribution is -1.96. The molecule has 3 nitrogen and oxygen atoms in total. The standard InChI is InChI=1S/C12H10N2OS/c1-9-4-2-3-5-11(9)15-7-12-14-10(6-13)8-16-12/h2-5,8H,7H2,1H3. The van der Waals surface area contributed by atoms with Gasteiger partial charge in [0.05, 0.1) is 0 Å². The monoisotopic (exact) mass is 230 g/mol. The van der Waals surface area contributed by atoms with Gasteiger partial charge in [0.15, 0.2) is 5.69 Å². The molecule has 2 rings (SSSR count). The zero-order chi connectivity index (χ0) is 11.4. The lowest BCUT2D eigenvalue weighted by molar-refractivity contribution is 0.303. The van der Waals surface area contributed by atoms with E-state index in [-0.39, 0.29) is 0 Å². The molecule has 80 valence electrons. The maximum Gasteiger partial charge on any atom is 0.151 e. The van der Waals surface area contributed by atoms with Gasteiger partial charge in [-0.05, 0) is 18.6 Å². The Labute approximate surface area is 97.9 Å². The second-order valence-electron chi connectivity index (χ2n) is 3.29. The Kier molecular flexibility index (Phi) is 3.18. The van der Waals surface area contributed by atoms with Crippen LogP contribution in [0.5, 0.6) is 5.75 Å². The Bertz CT molecular complexity index is 528. The van der Waals surface area contributed by atoms with Gasteiger partial charge >= 0.3 is 0 Å². The molecule has 0 amide bonds. The van der Waals surface area contributed by atoms with Crippen LogP contribution in [-0.4, -0.2) is 4.98 Å². The molecule has 0 saturated carbocycles. The molecule has 16 heavy (non-hydrogen) atoms. The third-order valence-electron chi connectivity index (χ3n) is 2.11. The van der Waals surface area contributed by atoms with Gasteiger partial charge in [0, 0.05) is 5.38 Å². The number of thiazole rings is 1. The van der Waals surface area contributed by atoms with Crippen molar-refractivity contribution in [2.45, 2.75) is 13.5 Å². The third kappa shape index (κ3) is 2.38. The predicted molar refractivity (Wildman–Crippen MR) is 62.3 cm³/mol. The van der Waals surface area contributed by atoms with E-state index in [0.29, 0.717) is 12.3 Å². The summed E-state index contributed by atoms with van der Waals surface area (Å²) < 4.78 is 5.62. The Hall–Kier alpha value is -1.86. The van der Waals surface area contributed by atoms with E-state index >= 15 is 0 Å². The molecule has 0 atom stereocenters. The molecule has 0 spiro atoms. The highest BCUT2D eigenvalue weighted by molar-refractivity contribution is 7.09.